The average Bonchev–Trinajstić information content (AvgIpc) is 3.16. The number of likely N-dealkylation sites (tertiary alicyclic amines) is 1. The lowest BCUT2D eigenvalue weighted by Crippen LogP contribution is -2.35. The predicted molar refractivity (Wildman–Crippen MR) is 98.7 cm³/mol. The number of carbonyl (C=O) groups excluding carboxylic acids is 4. The van der Waals surface area contributed by atoms with Crippen molar-refractivity contribution in [2.75, 3.05) is 32.7 Å². The van der Waals surface area contributed by atoms with E-state index < -0.39 is 29.7 Å². The molecule has 1 aromatic rings. The quantitative estimate of drug-likeness (QED) is 0.432. The summed E-state index contributed by atoms with van der Waals surface area (Å²) in [6.07, 6.45) is 0. The van der Waals surface area contributed by atoms with E-state index in [1.807, 2.05) is 0 Å². The molecular formula is C20H20N2O6. The van der Waals surface area contributed by atoms with Gasteiger partial charge >= 0.3 is 11.9 Å². The van der Waals surface area contributed by atoms with Crippen molar-refractivity contribution in [3.8, 4) is 0 Å². The Balaban J connectivity index is 2.14. The lowest BCUT2D eigenvalue weighted by molar-refractivity contribution is -0.139. The van der Waals surface area contributed by atoms with Crippen molar-refractivity contribution >= 4 is 29.4 Å². The van der Waals surface area contributed by atoms with E-state index in [1.54, 1.807) is 42.3 Å². The van der Waals surface area contributed by atoms with Gasteiger partial charge in [0.2, 0.25) is 11.8 Å². The first-order valence-electron chi connectivity index (χ1n) is 8.57. The topological polar surface area (TPSA) is 93.2 Å². The van der Waals surface area contributed by atoms with E-state index in [0.29, 0.717) is 5.69 Å². The molecule has 0 radical (unpaired) electrons. The van der Waals surface area contributed by atoms with Crippen molar-refractivity contribution < 1.29 is 28.7 Å². The zero-order valence-electron chi connectivity index (χ0n) is 15.8. The second kappa shape index (κ2) is 7.30. The number of hydrogen-bond acceptors (Lipinski definition) is 7. The summed E-state index contributed by atoms with van der Waals surface area (Å²) in [5.74, 6) is -4.03. The number of benzene rings is 1. The normalized spacial score (nSPS) is 22.8. The molecule has 2 fully saturated rings. The van der Waals surface area contributed by atoms with E-state index >= 15 is 0 Å². The van der Waals surface area contributed by atoms with Gasteiger partial charge in [-0.25, -0.2) is 14.5 Å². The van der Waals surface area contributed by atoms with Crippen LogP contribution in [0.1, 0.15) is 0 Å². The summed E-state index contributed by atoms with van der Waals surface area (Å²) >= 11 is 0. The molecule has 0 aromatic heterocycles. The van der Waals surface area contributed by atoms with Gasteiger partial charge in [0.25, 0.3) is 0 Å². The minimum Gasteiger partial charge on any atom is -0.465 e. The summed E-state index contributed by atoms with van der Waals surface area (Å²) in [5, 5.41) is 0. The van der Waals surface area contributed by atoms with Crippen molar-refractivity contribution in [1.82, 2.24) is 4.90 Å². The summed E-state index contributed by atoms with van der Waals surface area (Å²) in [5.41, 5.74) is 0.319. The fraction of sp³-hybridized carbons (Fsp3) is 0.300. The number of ether oxygens (including phenoxy) is 2. The fourth-order valence-electron chi connectivity index (χ4n) is 3.74. The minimum absolute atomic E-state index is 0.152. The van der Waals surface area contributed by atoms with E-state index in [-0.39, 0.29) is 29.3 Å². The van der Waals surface area contributed by atoms with Gasteiger partial charge in [0.15, 0.2) is 0 Å². The van der Waals surface area contributed by atoms with Crippen LogP contribution in [0.2, 0.25) is 0 Å². The molecule has 1 aromatic carbocycles. The average molecular weight is 384 g/mol. The second-order valence-electron chi connectivity index (χ2n) is 6.53. The number of amides is 2. The number of imide groups is 1. The molecule has 8 heteroatoms. The number of anilines is 1. The first-order chi connectivity index (χ1) is 13.3. The molecule has 8 nitrogen and oxygen atoms in total. The van der Waals surface area contributed by atoms with Gasteiger partial charge in [-0.05, 0) is 12.1 Å². The summed E-state index contributed by atoms with van der Waals surface area (Å²) in [6, 6.07) is 8.57. The molecule has 2 saturated heterocycles. The summed E-state index contributed by atoms with van der Waals surface area (Å²) in [4.78, 5) is 53.3. The van der Waals surface area contributed by atoms with Gasteiger partial charge in [0.1, 0.15) is 0 Å². The molecule has 2 amide bonds. The number of hydrogen-bond donors (Lipinski definition) is 0. The van der Waals surface area contributed by atoms with Crippen LogP contribution in [-0.2, 0) is 28.7 Å². The van der Waals surface area contributed by atoms with Crippen LogP contribution in [0.3, 0.4) is 0 Å². The van der Waals surface area contributed by atoms with Crippen LogP contribution >= 0.6 is 0 Å². The standard InChI is InChI=1S/C20H20N2O6/c1-11(19(25)27-3)14(20(26)28-4)16-15-13(10-21(16)2)17(23)22(18(15)24)12-8-6-5-7-9-12/h5-9,13,15H,1,10H2,2-4H3/b16-14-/t13-,15-/m1/s1. The SMILES string of the molecule is C=C(C(=O)OC)/C(C(=O)OC)=C1\[C@@H]2C(=O)N(c3ccccc3)C(=O)[C@@H]2CN1C. The number of nitrogens with zero attached hydrogens (tertiary/aromatic N) is 2. The molecule has 0 spiro atoms. The molecule has 3 rings (SSSR count). The molecule has 0 saturated carbocycles. The highest BCUT2D eigenvalue weighted by Gasteiger charge is 2.56. The van der Waals surface area contributed by atoms with Crippen molar-refractivity contribution in [2.45, 2.75) is 0 Å². The lowest BCUT2D eigenvalue weighted by Gasteiger charge is -2.23. The Morgan fingerprint density at radius 2 is 1.64 bits per heavy atom. The molecule has 146 valence electrons. The van der Waals surface area contributed by atoms with E-state index in [1.165, 1.54) is 0 Å². The Kier molecular flexibility index (Phi) is 5.04. The van der Waals surface area contributed by atoms with E-state index in [0.717, 1.165) is 19.1 Å². The highest BCUT2D eigenvalue weighted by Crippen LogP contribution is 2.44. The number of fused-ring (bicyclic) bond motifs is 1. The maximum atomic E-state index is 13.2. The van der Waals surface area contributed by atoms with Crippen molar-refractivity contribution in [3.05, 3.63) is 53.8 Å². The van der Waals surface area contributed by atoms with E-state index in [9.17, 15) is 19.2 Å². The van der Waals surface area contributed by atoms with Gasteiger partial charge in [0.05, 0.1) is 42.9 Å². The van der Waals surface area contributed by atoms with Crippen LogP contribution in [0.25, 0.3) is 0 Å². The third-order valence-electron chi connectivity index (χ3n) is 5.00. The molecule has 0 aliphatic carbocycles. The minimum atomic E-state index is -0.909. The van der Waals surface area contributed by atoms with Crippen molar-refractivity contribution in [2.24, 2.45) is 11.8 Å². The molecular weight excluding hydrogens is 364 g/mol. The van der Waals surface area contributed by atoms with Crippen LogP contribution < -0.4 is 4.90 Å². The van der Waals surface area contributed by atoms with E-state index in [4.69, 9.17) is 4.74 Å². The Bertz CT molecular complexity index is 905. The number of carbonyl (C=O) groups is 4. The molecule has 0 bridgehead atoms. The van der Waals surface area contributed by atoms with Crippen LogP contribution in [-0.4, -0.2) is 56.5 Å². The first kappa shape index (κ1) is 19.3. The second-order valence-corrected chi connectivity index (χ2v) is 6.53. The Hall–Kier alpha value is -3.42. The van der Waals surface area contributed by atoms with Crippen LogP contribution in [0.4, 0.5) is 5.69 Å². The number of esters is 2. The fourth-order valence-corrected chi connectivity index (χ4v) is 3.74. The van der Waals surface area contributed by atoms with Crippen LogP contribution in [0, 0.1) is 11.8 Å². The highest BCUT2D eigenvalue weighted by atomic mass is 16.5. The molecule has 28 heavy (non-hydrogen) atoms. The van der Waals surface area contributed by atoms with Gasteiger partial charge in [-0.2, -0.15) is 0 Å². The maximum Gasteiger partial charge on any atom is 0.340 e. The Labute approximate surface area is 162 Å². The molecule has 2 atom stereocenters. The summed E-state index contributed by atoms with van der Waals surface area (Å²) in [7, 11) is 3.97. The monoisotopic (exact) mass is 384 g/mol. The van der Waals surface area contributed by atoms with E-state index in [2.05, 4.69) is 11.3 Å². The Morgan fingerprint density at radius 1 is 1.04 bits per heavy atom. The molecule has 2 aliphatic heterocycles. The van der Waals surface area contributed by atoms with Gasteiger partial charge < -0.3 is 14.4 Å². The molecule has 0 unspecified atom stereocenters. The largest absolute Gasteiger partial charge is 0.465 e. The zero-order valence-corrected chi connectivity index (χ0v) is 15.8. The molecule has 0 N–H and O–H groups in total. The molecule has 2 heterocycles. The summed E-state index contributed by atoms with van der Waals surface area (Å²) in [6.45, 7) is 3.86. The van der Waals surface area contributed by atoms with Gasteiger partial charge in [-0.1, -0.05) is 24.8 Å². The third-order valence-corrected chi connectivity index (χ3v) is 5.00. The van der Waals surface area contributed by atoms with Gasteiger partial charge in [-0.3, -0.25) is 9.59 Å². The van der Waals surface area contributed by atoms with Crippen LogP contribution in [0.15, 0.2) is 53.8 Å². The Morgan fingerprint density at radius 3 is 2.21 bits per heavy atom. The van der Waals surface area contributed by atoms with Gasteiger partial charge in [-0.15, -0.1) is 0 Å². The zero-order chi connectivity index (χ0) is 20.6. The van der Waals surface area contributed by atoms with Crippen molar-refractivity contribution in [3.63, 3.8) is 0 Å². The van der Waals surface area contributed by atoms with Crippen molar-refractivity contribution in [1.29, 1.82) is 0 Å². The number of methoxy groups -OCH3 is 2. The van der Waals surface area contributed by atoms with Crippen LogP contribution in [0.5, 0.6) is 0 Å². The first-order valence-corrected chi connectivity index (χ1v) is 8.57. The highest BCUT2D eigenvalue weighted by molar-refractivity contribution is 6.24. The number of para-hydroxylation sites is 1. The smallest absolute Gasteiger partial charge is 0.340 e. The lowest BCUT2D eigenvalue weighted by atomic mass is 9.91. The number of rotatable bonds is 4. The molecule has 2 aliphatic rings. The van der Waals surface area contributed by atoms with Gasteiger partial charge in [0, 0.05) is 19.3 Å². The third kappa shape index (κ3) is 2.87. The maximum absolute atomic E-state index is 13.2. The predicted octanol–water partition coefficient (Wildman–Crippen LogP) is 0.894. The summed E-state index contributed by atoms with van der Waals surface area (Å²) < 4.78 is 9.48.